The smallest absolute Gasteiger partial charge is 0.267 e. The molecule has 0 atom stereocenters. The molecular formula is C19H18FN3O2. The standard InChI is InChI=1S/C19H18FN3O2/c1-25-18-9-5-4-8-17(18)23-19(24)15(12-21)13-22-11-10-14-6-2-3-7-16(14)20/h2-9,13,22H,10-11H2,1H3,(H,23,24)/b15-13-. The van der Waals surface area contributed by atoms with Gasteiger partial charge in [-0.15, -0.1) is 0 Å². The number of nitrogens with zero attached hydrogens (tertiary/aromatic N) is 1. The highest BCUT2D eigenvalue weighted by molar-refractivity contribution is 6.07. The van der Waals surface area contributed by atoms with E-state index in [4.69, 9.17) is 10.00 Å². The quantitative estimate of drug-likeness (QED) is 0.462. The summed E-state index contributed by atoms with van der Waals surface area (Å²) in [7, 11) is 1.50. The molecule has 0 unspecified atom stereocenters. The summed E-state index contributed by atoms with van der Waals surface area (Å²) in [5.74, 6) is -0.325. The minimum atomic E-state index is -0.551. The van der Waals surface area contributed by atoms with Crippen molar-refractivity contribution in [2.75, 3.05) is 19.0 Å². The van der Waals surface area contributed by atoms with Crippen LogP contribution in [0.25, 0.3) is 0 Å². The number of benzene rings is 2. The molecule has 0 aromatic heterocycles. The van der Waals surface area contributed by atoms with Gasteiger partial charge >= 0.3 is 0 Å². The SMILES string of the molecule is COc1ccccc1NC(=O)/C(C#N)=C\NCCc1ccccc1F. The minimum Gasteiger partial charge on any atom is -0.495 e. The molecule has 5 nitrogen and oxygen atoms in total. The van der Waals surface area contributed by atoms with E-state index in [-0.39, 0.29) is 11.4 Å². The maximum atomic E-state index is 13.5. The minimum absolute atomic E-state index is 0.0839. The molecule has 0 spiro atoms. The number of hydrogen-bond donors (Lipinski definition) is 2. The van der Waals surface area contributed by atoms with Gasteiger partial charge in [-0.1, -0.05) is 30.3 Å². The van der Waals surface area contributed by atoms with Gasteiger partial charge in [0.25, 0.3) is 5.91 Å². The van der Waals surface area contributed by atoms with Crippen molar-refractivity contribution in [2.45, 2.75) is 6.42 Å². The van der Waals surface area contributed by atoms with Gasteiger partial charge in [0.15, 0.2) is 0 Å². The van der Waals surface area contributed by atoms with Crippen LogP contribution in [0.4, 0.5) is 10.1 Å². The fraction of sp³-hybridized carbons (Fsp3) is 0.158. The van der Waals surface area contributed by atoms with E-state index in [1.54, 1.807) is 42.5 Å². The van der Waals surface area contributed by atoms with E-state index in [9.17, 15) is 9.18 Å². The lowest BCUT2D eigenvalue weighted by atomic mass is 10.1. The summed E-state index contributed by atoms with van der Waals surface area (Å²) >= 11 is 0. The average Bonchev–Trinajstić information content (AvgIpc) is 2.63. The molecule has 2 rings (SSSR count). The van der Waals surface area contributed by atoms with Crippen molar-refractivity contribution in [3.05, 3.63) is 71.7 Å². The number of carbonyl (C=O) groups excluding carboxylic acids is 1. The molecule has 2 N–H and O–H groups in total. The molecule has 0 aliphatic carbocycles. The van der Waals surface area contributed by atoms with Gasteiger partial charge in [0, 0.05) is 12.7 Å². The van der Waals surface area contributed by atoms with Gasteiger partial charge < -0.3 is 15.4 Å². The second-order valence-corrected chi connectivity index (χ2v) is 5.12. The second kappa shape index (κ2) is 9.08. The van der Waals surface area contributed by atoms with Gasteiger partial charge in [-0.3, -0.25) is 4.79 Å². The summed E-state index contributed by atoms with van der Waals surface area (Å²) in [5.41, 5.74) is 0.960. The highest BCUT2D eigenvalue weighted by atomic mass is 19.1. The van der Waals surface area contributed by atoms with Crippen LogP contribution < -0.4 is 15.4 Å². The zero-order valence-electron chi connectivity index (χ0n) is 13.8. The third-order valence-corrected chi connectivity index (χ3v) is 3.46. The first-order chi connectivity index (χ1) is 12.2. The number of amides is 1. The fourth-order valence-electron chi connectivity index (χ4n) is 2.17. The van der Waals surface area contributed by atoms with Gasteiger partial charge in [0.2, 0.25) is 0 Å². The van der Waals surface area contributed by atoms with Crippen LogP contribution in [0.1, 0.15) is 5.56 Å². The maximum absolute atomic E-state index is 13.5. The molecule has 2 aromatic rings. The maximum Gasteiger partial charge on any atom is 0.267 e. The molecule has 25 heavy (non-hydrogen) atoms. The molecule has 0 fully saturated rings. The number of halogens is 1. The number of rotatable bonds is 7. The topological polar surface area (TPSA) is 74.1 Å². The van der Waals surface area contributed by atoms with E-state index in [1.807, 2.05) is 6.07 Å². The Bertz CT molecular complexity index is 812. The summed E-state index contributed by atoms with van der Waals surface area (Å²) in [6.07, 6.45) is 1.77. The van der Waals surface area contributed by atoms with Gasteiger partial charge in [0.1, 0.15) is 23.2 Å². The summed E-state index contributed by atoms with van der Waals surface area (Å²) in [6.45, 7) is 0.397. The highest BCUT2D eigenvalue weighted by Gasteiger charge is 2.11. The Morgan fingerprint density at radius 1 is 1.24 bits per heavy atom. The molecular weight excluding hydrogens is 321 g/mol. The second-order valence-electron chi connectivity index (χ2n) is 5.12. The average molecular weight is 339 g/mol. The molecule has 0 heterocycles. The number of hydrogen-bond acceptors (Lipinski definition) is 4. The number of nitriles is 1. The molecule has 6 heteroatoms. The van der Waals surface area contributed by atoms with Crippen LogP contribution >= 0.6 is 0 Å². The van der Waals surface area contributed by atoms with Crippen molar-refractivity contribution in [3.8, 4) is 11.8 Å². The van der Waals surface area contributed by atoms with Crippen molar-refractivity contribution < 1.29 is 13.9 Å². The summed E-state index contributed by atoms with van der Waals surface area (Å²) in [5, 5.41) is 14.6. The molecule has 0 aliphatic heterocycles. The Kier molecular flexibility index (Phi) is 6.55. The number of anilines is 1. The molecule has 0 radical (unpaired) electrons. The Morgan fingerprint density at radius 2 is 1.96 bits per heavy atom. The van der Waals surface area contributed by atoms with Crippen LogP contribution in [0.3, 0.4) is 0 Å². The zero-order chi connectivity index (χ0) is 18.1. The van der Waals surface area contributed by atoms with E-state index in [2.05, 4.69) is 10.6 Å². The van der Waals surface area contributed by atoms with Crippen molar-refractivity contribution in [3.63, 3.8) is 0 Å². The van der Waals surface area contributed by atoms with E-state index >= 15 is 0 Å². The molecule has 1 amide bonds. The van der Waals surface area contributed by atoms with Crippen molar-refractivity contribution in [2.24, 2.45) is 0 Å². The summed E-state index contributed by atoms with van der Waals surface area (Å²) in [4.78, 5) is 12.2. The lowest BCUT2D eigenvalue weighted by molar-refractivity contribution is -0.112. The first-order valence-corrected chi connectivity index (χ1v) is 7.67. The first kappa shape index (κ1) is 18.0. The number of para-hydroxylation sites is 2. The molecule has 2 aromatic carbocycles. The summed E-state index contributed by atoms with van der Waals surface area (Å²) in [6, 6.07) is 15.2. The van der Waals surface area contributed by atoms with Crippen LogP contribution in [-0.2, 0) is 11.2 Å². The predicted octanol–water partition coefficient (Wildman–Crippen LogP) is 3.01. The number of methoxy groups -OCH3 is 1. The van der Waals surface area contributed by atoms with Crippen LogP contribution in [-0.4, -0.2) is 19.6 Å². The van der Waals surface area contributed by atoms with Crippen LogP contribution in [0.15, 0.2) is 60.3 Å². The van der Waals surface area contributed by atoms with Gasteiger partial charge in [-0.2, -0.15) is 5.26 Å². The molecule has 0 bridgehead atoms. The van der Waals surface area contributed by atoms with Crippen molar-refractivity contribution in [1.82, 2.24) is 5.32 Å². The Balaban J connectivity index is 1.94. The third-order valence-electron chi connectivity index (χ3n) is 3.46. The normalized spacial score (nSPS) is 10.7. The van der Waals surface area contributed by atoms with Gasteiger partial charge in [-0.25, -0.2) is 4.39 Å². The zero-order valence-corrected chi connectivity index (χ0v) is 13.8. The predicted molar refractivity (Wildman–Crippen MR) is 93.4 cm³/mol. The van der Waals surface area contributed by atoms with Gasteiger partial charge in [-0.05, 0) is 30.2 Å². The van der Waals surface area contributed by atoms with Crippen LogP contribution in [0.5, 0.6) is 5.75 Å². The molecule has 0 saturated heterocycles. The summed E-state index contributed by atoms with van der Waals surface area (Å²) < 4.78 is 18.7. The van der Waals surface area contributed by atoms with Crippen molar-refractivity contribution >= 4 is 11.6 Å². The van der Waals surface area contributed by atoms with Crippen LogP contribution in [0.2, 0.25) is 0 Å². The van der Waals surface area contributed by atoms with E-state index in [0.29, 0.717) is 30.0 Å². The molecule has 0 saturated carbocycles. The first-order valence-electron chi connectivity index (χ1n) is 7.67. The number of ether oxygens (including phenoxy) is 1. The lowest BCUT2D eigenvalue weighted by Crippen LogP contribution is -2.18. The fourth-order valence-corrected chi connectivity index (χ4v) is 2.17. The third kappa shape index (κ3) is 5.08. The van der Waals surface area contributed by atoms with E-state index in [0.717, 1.165) is 0 Å². The lowest BCUT2D eigenvalue weighted by Gasteiger charge is -2.09. The largest absolute Gasteiger partial charge is 0.495 e. The monoisotopic (exact) mass is 339 g/mol. The van der Waals surface area contributed by atoms with Crippen LogP contribution in [0, 0.1) is 17.1 Å². The van der Waals surface area contributed by atoms with E-state index < -0.39 is 5.91 Å². The van der Waals surface area contributed by atoms with E-state index in [1.165, 1.54) is 19.4 Å². The van der Waals surface area contributed by atoms with Crippen molar-refractivity contribution in [1.29, 1.82) is 5.26 Å². The van der Waals surface area contributed by atoms with Gasteiger partial charge in [0.05, 0.1) is 12.8 Å². The number of nitrogens with one attached hydrogen (secondary N) is 2. The Hall–Kier alpha value is -3.33. The Morgan fingerprint density at radius 3 is 2.68 bits per heavy atom. The highest BCUT2D eigenvalue weighted by Crippen LogP contribution is 2.23. The number of carbonyl (C=O) groups is 1. The molecule has 0 aliphatic rings. The Labute approximate surface area is 145 Å². The molecule has 128 valence electrons.